The molecule has 2 rings (SSSR count). The van der Waals surface area contributed by atoms with Gasteiger partial charge in [0.15, 0.2) is 0 Å². The number of rotatable bonds is 4. The Morgan fingerprint density at radius 2 is 1.65 bits per heavy atom. The van der Waals surface area contributed by atoms with Crippen molar-refractivity contribution >= 4 is 17.3 Å². The summed E-state index contributed by atoms with van der Waals surface area (Å²) < 4.78 is 10.1. The van der Waals surface area contributed by atoms with Crippen molar-refractivity contribution < 1.29 is 14.3 Å². The molecule has 0 saturated heterocycles. The number of ether oxygens (including phenoxy) is 2. The molecule has 0 aliphatic rings. The Kier molecular flexibility index (Phi) is 4.10. The number of nitrogens with two attached hydrogens (primary N) is 1. The summed E-state index contributed by atoms with van der Waals surface area (Å²) in [7, 11) is 3.12. The first-order valence-corrected chi connectivity index (χ1v) is 6.02. The molecule has 5 heteroatoms. The lowest BCUT2D eigenvalue weighted by Crippen LogP contribution is -2.12. The van der Waals surface area contributed by atoms with Gasteiger partial charge in [-0.05, 0) is 36.4 Å². The van der Waals surface area contributed by atoms with Crippen LogP contribution >= 0.6 is 0 Å². The van der Waals surface area contributed by atoms with E-state index in [9.17, 15) is 4.79 Å². The van der Waals surface area contributed by atoms with E-state index in [1.807, 2.05) is 0 Å². The van der Waals surface area contributed by atoms with E-state index in [0.717, 1.165) is 5.75 Å². The van der Waals surface area contributed by atoms with Crippen molar-refractivity contribution in [2.24, 2.45) is 0 Å². The lowest BCUT2D eigenvalue weighted by Gasteiger charge is -2.08. The molecule has 1 amide bonds. The van der Waals surface area contributed by atoms with Crippen LogP contribution in [0.25, 0.3) is 0 Å². The maximum atomic E-state index is 12.1. The van der Waals surface area contributed by atoms with Crippen LogP contribution in [0.4, 0.5) is 11.4 Å². The highest BCUT2D eigenvalue weighted by atomic mass is 16.5. The number of benzene rings is 2. The van der Waals surface area contributed by atoms with E-state index < -0.39 is 0 Å². The zero-order chi connectivity index (χ0) is 14.5. The maximum Gasteiger partial charge on any atom is 0.255 e. The molecule has 0 fully saturated rings. The van der Waals surface area contributed by atoms with Gasteiger partial charge in [-0.15, -0.1) is 0 Å². The van der Waals surface area contributed by atoms with Gasteiger partial charge in [0.1, 0.15) is 11.5 Å². The van der Waals surface area contributed by atoms with Crippen LogP contribution in [0.3, 0.4) is 0 Å². The molecule has 0 saturated carbocycles. The van der Waals surface area contributed by atoms with Crippen LogP contribution in [0.1, 0.15) is 10.4 Å². The number of nitrogens with one attached hydrogen (secondary N) is 1. The van der Waals surface area contributed by atoms with E-state index in [4.69, 9.17) is 15.2 Å². The predicted octanol–water partition coefficient (Wildman–Crippen LogP) is 2.54. The molecule has 0 atom stereocenters. The molecule has 2 aromatic rings. The van der Waals surface area contributed by atoms with Crippen LogP contribution < -0.4 is 20.5 Å². The van der Waals surface area contributed by atoms with Crippen LogP contribution in [-0.2, 0) is 0 Å². The molecule has 0 aliphatic carbocycles. The minimum atomic E-state index is -0.249. The molecule has 20 heavy (non-hydrogen) atoms. The number of hydrogen-bond donors (Lipinski definition) is 2. The third-order valence-electron chi connectivity index (χ3n) is 2.77. The third kappa shape index (κ3) is 3.20. The summed E-state index contributed by atoms with van der Waals surface area (Å²) in [6.07, 6.45) is 0. The van der Waals surface area contributed by atoms with Crippen LogP contribution in [0.2, 0.25) is 0 Å². The number of hydrogen-bond acceptors (Lipinski definition) is 4. The highest BCUT2D eigenvalue weighted by Crippen LogP contribution is 2.20. The van der Waals surface area contributed by atoms with Gasteiger partial charge in [-0.2, -0.15) is 0 Å². The standard InChI is InChI=1S/C15H16N2O3/c1-19-13-5-3-12(4-6-13)17-15(18)10-7-11(16)9-14(8-10)20-2/h3-9H,16H2,1-2H3,(H,17,18). The minimum absolute atomic E-state index is 0.249. The second-order valence-electron chi connectivity index (χ2n) is 4.18. The monoisotopic (exact) mass is 272 g/mol. The van der Waals surface area contributed by atoms with Crippen molar-refractivity contribution in [2.45, 2.75) is 0 Å². The van der Waals surface area contributed by atoms with Gasteiger partial charge < -0.3 is 20.5 Å². The summed E-state index contributed by atoms with van der Waals surface area (Å²) in [5.74, 6) is 1.03. The number of methoxy groups -OCH3 is 2. The first kappa shape index (κ1) is 13.7. The van der Waals surface area contributed by atoms with E-state index in [-0.39, 0.29) is 5.91 Å². The number of carbonyl (C=O) groups excluding carboxylic acids is 1. The largest absolute Gasteiger partial charge is 0.497 e. The average Bonchev–Trinajstić information content (AvgIpc) is 2.47. The number of nitrogen functional groups attached to an aromatic ring is 1. The second kappa shape index (κ2) is 5.97. The molecule has 0 spiro atoms. The van der Waals surface area contributed by atoms with Crippen LogP contribution in [-0.4, -0.2) is 20.1 Å². The van der Waals surface area contributed by atoms with E-state index >= 15 is 0 Å². The number of amides is 1. The van der Waals surface area contributed by atoms with Crippen molar-refractivity contribution in [1.29, 1.82) is 0 Å². The van der Waals surface area contributed by atoms with Gasteiger partial charge in [0, 0.05) is 23.0 Å². The van der Waals surface area contributed by atoms with E-state index in [1.54, 1.807) is 49.6 Å². The molecule has 0 unspecified atom stereocenters. The highest BCUT2D eigenvalue weighted by molar-refractivity contribution is 6.05. The van der Waals surface area contributed by atoms with Gasteiger partial charge in [0.05, 0.1) is 14.2 Å². The Bertz CT molecular complexity index is 609. The third-order valence-corrected chi connectivity index (χ3v) is 2.77. The molecular formula is C15H16N2O3. The summed E-state index contributed by atoms with van der Waals surface area (Å²) in [6.45, 7) is 0. The van der Waals surface area contributed by atoms with Gasteiger partial charge >= 0.3 is 0 Å². The Hall–Kier alpha value is -2.69. The zero-order valence-electron chi connectivity index (χ0n) is 11.3. The quantitative estimate of drug-likeness (QED) is 0.839. The fourth-order valence-electron chi connectivity index (χ4n) is 1.75. The van der Waals surface area contributed by atoms with Crippen LogP contribution in [0, 0.1) is 0 Å². The minimum Gasteiger partial charge on any atom is -0.497 e. The molecule has 0 aliphatic heterocycles. The lowest BCUT2D eigenvalue weighted by molar-refractivity contribution is 0.102. The molecular weight excluding hydrogens is 256 g/mol. The van der Waals surface area contributed by atoms with Gasteiger partial charge in [-0.1, -0.05) is 0 Å². The van der Waals surface area contributed by atoms with Gasteiger partial charge in [0.2, 0.25) is 0 Å². The summed E-state index contributed by atoms with van der Waals surface area (Å²) in [5, 5.41) is 2.78. The number of carbonyl (C=O) groups is 1. The first-order chi connectivity index (χ1) is 9.62. The maximum absolute atomic E-state index is 12.1. The zero-order valence-corrected chi connectivity index (χ0v) is 11.3. The first-order valence-electron chi connectivity index (χ1n) is 6.02. The number of anilines is 2. The van der Waals surface area contributed by atoms with Crippen molar-refractivity contribution in [3.8, 4) is 11.5 Å². The van der Waals surface area contributed by atoms with E-state index in [0.29, 0.717) is 22.7 Å². The fraction of sp³-hybridized carbons (Fsp3) is 0.133. The Balaban J connectivity index is 2.16. The Morgan fingerprint density at radius 3 is 2.25 bits per heavy atom. The summed E-state index contributed by atoms with van der Waals surface area (Å²) in [5.41, 5.74) is 7.32. The topological polar surface area (TPSA) is 73.6 Å². The van der Waals surface area contributed by atoms with Crippen LogP contribution in [0.15, 0.2) is 42.5 Å². The Labute approximate surface area is 117 Å². The molecule has 2 aromatic carbocycles. The molecule has 0 heterocycles. The van der Waals surface area contributed by atoms with E-state index in [2.05, 4.69) is 5.32 Å². The van der Waals surface area contributed by atoms with Gasteiger partial charge in [-0.3, -0.25) is 4.79 Å². The van der Waals surface area contributed by atoms with Crippen molar-refractivity contribution in [1.82, 2.24) is 0 Å². The predicted molar refractivity (Wildman–Crippen MR) is 78.4 cm³/mol. The smallest absolute Gasteiger partial charge is 0.255 e. The second-order valence-corrected chi connectivity index (χ2v) is 4.18. The van der Waals surface area contributed by atoms with Gasteiger partial charge in [-0.25, -0.2) is 0 Å². The summed E-state index contributed by atoms with van der Waals surface area (Å²) >= 11 is 0. The SMILES string of the molecule is COc1ccc(NC(=O)c2cc(N)cc(OC)c2)cc1. The molecule has 5 nitrogen and oxygen atoms in total. The van der Waals surface area contributed by atoms with Crippen molar-refractivity contribution in [2.75, 3.05) is 25.3 Å². The fourth-order valence-corrected chi connectivity index (χ4v) is 1.75. The molecule has 0 bridgehead atoms. The summed E-state index contributed by atoms with van der Waals surface area (Å²) in [6, 6.07) is 12.0. The molecule has 104 valence electrons. The highest BCUT2D eigenvalue weighted by Gasteiger charge is 2.09. The molecule has 0 radical (unpaired) electrons. The van der Waals surface area contributed by atoms with E-state index in [1.165, 1.54) is 7.11 Å². The van der Waals surface area contributed by atoms with Crippen molar-refractivity contribution in [3.05, 3.63) is 48.0 Å². The average molecular weight is 272 g/mol. The van der Waals surface area contributed by atoms with Crippen LogP contribution in [0.5, 0.6) is 11.5 Å². The van der Waals surface area contributed by atoms with Crippen molar-refractivity contribution in [3.63, 3.8) is 0 Å². The lowest BCUT2D eigenvalue weighted by atomic mass is 10.1. The molecule has 3 N–H and O–H groups in total. The molecule has 0 aromatic heterocycles. The summed E-state index contributed by atoms with van der Waals surface area (Å²) in [4.78, 5) is 12.1. The van der Waals surface area contributed by atoms with Gasteiger partial charge in [0.25, 0.3) is 5.91 Å². The Morgan fingerprint density at radius 1 is 1.00 bits per heavy atom. The normalized spacial score (nSPS) is 9.90.